The monoisotopic (exact) mass is 490 g/mol. The van der Waals surface area contributed by atoms with Gasteiger partial charge in [-0.05, 0) is 44.5 Å². The summed E-state index contributed by atoms with van der Waals surface area (Å²) in [6, 6.07) is -0.371. The Labute approximate surface area is 198 Å². The number of aromatic nitrogens is 1. The van der Waals surface area contributed by atoms with Gasteiger partial charge in [-0.1, -0.05) is 0 Å². The van der Waals surface area contributed by atoms with Crippen LogP contribution in [0.1, 0.15) is 33.3 Å². The Morgan fingerprint density at radius 3 is 2.60 bits per heavy atom. The van der Waals surface area contributed by atoms with E-state index < -0.39 is 53.0 Å². The summed E-state index contributed by atoms with van der Waals surface area (Å²) in [6.45, 7) is 7.02. The summed E-state index contributed by atoms with van der Waals surface area (Å²) < 4.78 is 37.0. The van der Waals surface area contributed by atoms with Gasteiger partial charge in [0.15, 0.2) is 11.2 Å². The van der Waals surface area contributed by atoms with Crippen molar-refractivity contribution in [2.75, 3.05) is 18.1 Å². The number of benzene rings is 1. The molecule has 2 aromatic rings. The highest BCUT2D eigenvalue weighted by molar-refractivity contribution is 6.20. The van der Waals surface area contributed by atoms with Gasteiger partial charge in [0.25, 0.3) is 5.88 Å². The number of carbonyl (C=O) groups excluding carboxylic acids is 4. The van der Waals surface area contributed by atoms with E-state index in [9.17, 15) is 19.2 Å². The second-order valence-corrected chi connectivity index (χ2v) is 9.73. The van der Waals surface area contributed by atoms with Crippen LogP contribution in [-0.2, 0) is 25.5 Å². The highest BCUT2D eigenvalue weighted by Crippen LogP contribution is 2.49. The van der Waals surface area contributed by atoms with Crippen LogP contribution in [-0.4, -0.2) is 60.1 Å². The van der Waals surface area contributed by atoms with Gasteiger partial charge < -0.3 is 23.6 Å². The molecule has 4 heterocycles. The van der Waals surface area contributed by atoms with Gasteiger partial charge in [0.2, 0.25) is 17.4 Å². The zero-order valence-corrected chi connectivity index (χ0v) is 19.4. The summed E-state index contributed by atoms with van der Waals surface area (Å²) in [7, 11) is 0. The standard InChI is InChI=1S/C22H23FN4O8/c1-9-15-22(17(28)24-19(30)25-18(22)29)8-10-7-11-14(12(23)13(10)27(15)5-6-32-9)35-26-16(11)33-20(31)34-21(2,3)4/h7,9,15H,5-6,8H2,1-4H3,(H2,24,25,28,29,30)/t9-,15+/m0/s1. The number of anilines is 1. The zero-order valence-electron chi connectivity index (χ0n) is 19.4. The minimum absolute atomic E-state index is 0.0229. The molecule has 0 aliphatic carbocycles. The van der Waals surface area contributed by atoms with E-state index in [2.05, 4.69) is 15.8 Å². The highest BCUT2D eigenvalue weighted by atomic mass is 19.1. The Morgan fingerprint density at radius 2 is 1.94 bits per heavy atom. The minimum Gasteiger partial charge on any atom is -0.428 e. The fourth-order valence-electron chi connectivity index (χ4n) is 5.06. The van der Waals surface area contributed by atoms with Gasteiger partial charge in [-0.15, -0.1) is 0 Å². The lowest BCUT2D eigenvalue weighted by atomic mass is 9.66. The molecule has 1 aromatic carbocycles. The van der Waals surface area contributed by atoms with Gasteiger partial charge in [-0.3, -0.25) is 20.2 Å². The number of hydrogen-bond acceptors (Lipinski definition) is 10. The molecule has 0 saturated carbocycles. The topological polar surface area (TPSA) is 149 Å². The van der Waals surface area contributed by atoms with E-state index in [1.807, 2.05) is 0 Å². The van der Waals surface area contributed by atoms with E-state index in [1.165, 1.54) is 6.07 Å². The number of amides is 4. The van der Waals surface area contributed by atoms with Crippen LogP contribution in [0.15, 0.2) is 10.6 Å². The van der Waals surface area contributed by atoms with Gasteiger partial charge >= 0.3 is 12.2 Å². The number of barbiturate groups is 1. The lowest BCUT2D eigenvalue weighted by Gasteiger charge is -2.54. The molecule has 0 unspecified atom stereocenters. The van der Waals surface area contributed by atoms with Crippen molar-refractivity contribution in [2.45, 2.75) is 51.9 Å². The van der Waals surface area contributed by atoms with Gasteiger partial charge in [-0.25, -0.2) is 14.0 Å². The van der Waals surface area contributed by atoms with Gasteiger partial charge in [-0.2, -0.15) is 0 Å². The number of rotatable bonds is 1. The Kier molecular flexibility index (Phi) is 5.02. The highest BCUT2D eigenvalue weighted by Gasteiger charge is 2.62. The first kappa shape index (κ1) is 23.0. The second-order valence-electron chi connectivity index (χ2n) is 9.73. The maximum absolute atomic E-state index is 15.8. The van der Waals surface area contributed by atoms with Crippen molar-refractivity contribution in [3.63, 3.8) is 0 Å². The number of nitrogens with one attached hydrogen (secondary N) is 2. The smallest absolute Gasteiger partial charge is 0.428 e. The minimum atomic E-state index is -1.77. The molecule has 0 radical (unpaired) electrons. The summed E-state index contributed by atoms with van der Waals surface area (Å²) in [5, 5.41) is 8.01. The number of morpholine rings is 1. The average Bonchev–Trinajstić information content (AvgIpc) is 3.13. The molecule has 2 fully saturated rings. The average molecular weight is 490 g/mol. The van der Waals surface area contributed by atoms with E-state index in [0.29, 0.717) is 0 Å². The summed E-state index contributed by atoms with van der Waals surface area (Å²) in [6.07, 6.45) is -1.95. The van der Waals surface area contributed by atoms with Crippen LogP contribution in [0, 0.1) is 11.2 Å². The first-order valence-corrected chi connectivity index (χ1v) is 11.0. The Bertz CT molecular complexity index is 1260. The number of fused-ring (bicyclic) bond motifs is 5. The number of hydrogen-bond donors (Lipinski definition) is 2. The van der Waals surface area contributed by atoms with Crippen molar-refractivity contribution >= 4 is 40.7 Å². The SMILES string of the molecule is C[C@@H]1OCCN2c3c(cc4c(OC(=O)OC(C)(C)C)noc4c3F)CC3(C(=O)NC(=O)NC3=O)[C@@H]12. The number of ether oxygens (including phenoxy) is 3. The molecule has 2 N–H and O–H groups in total. The molecule has 1 aromatic heterocycles. The molecule has 4 amide bonds. The Hall–Kier alpha value is -3.74. The van der Waals surface area contributed by atoms with Crippen molar-refractivity contribution in [2.24, 2.45) is 5.41 Å². The molecule has 2 atom stereocenters. The maximum Gasteiger partial charge on any atom is 0.515 e. The number of urea groups is 1. The fourth-order valence-corrected chi connectivity index (χ4v) is 5.06. The van der Waals surface area contributed by atoms with Crippen molar-refractivity contribution in [3.8, 4) is 5.88 Å². The molecular weight excluding hydrogens is 467 g/mol. The van der Waals surface area contributed by atoms with Crippen molar-refractivity contribution in [1.29, 1.82) is 0 Å². The largest absolute Gasteiger partial charge is 0.515 e. The van der Waals surface area contributed by atoms with Crippen LogP contribution in [0.25, 0.3) is 11.0 Å². The van der Waals surface area contributed by atoms with E-state index >= 15 is 4.39 Å². The summed E-state index contributed by atoms with van der Waals surface area (Å²) >= 11 is 0. The predicted octanol–water partition coefficient (Wildman–Crippen LogP) is 1.78. The van der Waals surface area contributed by atoms with Crippen LogP contribution < -0.4 is 20.3 Å². The summed E-state index contributed by atoms with van der Waals surface area (Å²) in [4.78, 5) is 51.8. The normalized spacial score (nSPS) is 23.5. The molecule has 13 heteroatoms. The summed E-state index contributed by atoms with van der Waals surface area (Å²) in [5.41, 5.74) is -2.47. The van der Waals surface area contributed by atoms with E-state index in [1.54, 1.807) is 32.6 Å². The first-order valence-electron chi connectivity index (χ1n) is 11.0. The molecule has 5 rings (SSSR count). The number of carbonyl (C=O) groups is 4. The lowest BCUT2D eigenvalue weighted by Crippen LogP contribution is -2.74. The molecule has 12 nitrogen and oxygen atoms in total. The molecular formula is C22H23FN4O8. The number of nitrogens with zero attached hydrogens (tertiary/aromatic N) is 2. The first-order chi connectivity index (χ1) is 16.4. The van der Waals surface area contributed by atoms with Crippen molar-refractivity contribution in [1.82, 2.24) is 15.8 Å². The number of halogens is 1. The second kappa shape index (κ2) is 7.63. The maximum atomic E-state index is 15.8. The molecule has 1 spiro atoms. The van der Waals surface area contributed by atoms with Crippen LogP contribution in [0.5, 0.6) is 5.88 Å². The molecule has 186 valence electrons. The fraction of sp³-hybridized carbons (Fsp3) is 0.500. The predicted molar refractivity (Wildman–Crippen MR) is 115 cm³/mol. The Balaban J connectivity index is 1.64. The third-order valence-corrected chi connectivity index (χ3v) is 6.31. The van der Waals surface area contributed by atoms with E-state index in [0.717, 1.165) is 0 Å². The molecule has 2 saturated heterocycles. The lowest BCUT2D eigenvalue weighted by molar-refractivity contribution is -0.151. The quantitative estimate of drug-likeness (QED) is 0.447. The van der Waals surface area contributed by atoms with E-state index in [4.69, 9.17) is 18.7 Å². The van der Waals surface area contributed by atoms with Crippen LogP contribution >= 0.6 is 0 Å². The molecule has 0 bridgehead atoms. The van der Waals surface area contributed by atoms with Crippen molar-refractivity contribution in [3.05, 3.63) is 17.4 Å². The zero-order chi connectivity index (χ0) is 25.3. The third-order valence-electron chi connectivity index (χ3n) is 6.31. The molecule has 35 heavy (non-hydrogen) atoms. The number of imide groups is 2. The molecule has 3 aliphatic heterocycles. The van der Waals surface area contributed by atoms with Gasteiger partial charge in [0.1, 0.15) is 5.60 Å². The van der Waals surface area contributed by atoms with E-state index in [-0.39, 0.29) is 47.7 Å². The van der Waals surface area contributed by atoms with Crippen LogP contribution in [0.3, 0.4) is 0 Å². The van der Waals surface area contributed by atoms with Gasteiger partial charge in [0.05, 0.1) is 29.8 Å². The Morgan fingerprint density at radius 1 is 1.26 bits per heavy atom. The molecule has 3 aliphatic rings. The van der Waals surface area contributed by atoms with Crippen LogP contribution in [0.2, 0.25) is 0 Å². The third kappa shape index (κ3) is 3.49. The van der Waals surface area contributed by atoms with Gasteiger partial charge in [0, 0.05) is 13.0 Å². The summed E-state index contributed by atoms with van der Waals surface area (Å²) in [5.74, 6) is -2.72. The van der Waals surface area contributed by atoms with Crippen molar-refractivity contribution < 1.29 is 42.3 Å². The van der Waals surface area contributed by atoms with Crippen LogP contribution in [0.4, 0.5) is 19.7 Å².